The van der Waals surface area contributed by atoms with Crippen LogP contribution in [0.15, 0.2) is 42.0 Å². The van der Waals surface area contributed by atoms with E-state index < -0.39 is 24.0 Å². The van der Waals surface area contributed by atoms with Gasteiger partial charge < -0.3 is 15.7 Å². The number of nitrogens with one attached hydrogen (secondary N) is 2. The van der Waals surface area contributed by atoms with E-state index in [-0.39, 0.29) is 12.3 Å². The SMILES string of the molecule is CC(=O)N[C@@H](Cc1ccccc1)C(=O)N[C@H](CC=C(C)C)C(=O)O. The zero-order chi connectivity index (χ0) is 18.1. The van der Waals surface area contributed by atoms with Crippen LogP contribution in [0.2, 0.25) is 0 Å². The molecule has 0 saturated heterocycles. The summed E-state index contributed by atoms with van der Waals surface area (Å²) in [6.45, 7) is 5.04. The Balaban J connectivity index is 2.83. The van der Waals surface area contributed by atoms with E-state index in [9.17, 15) is 19.5 Å². The maximum Gasteiger partial charge on any atom is 0.326 e. The van der Waals surface area contributed by atoms with Gasteiger partial charge in [-0.05, 0) is 25.8 Å². The molecule has 0 radical (unpaired) electrons. The minimum atomic E-state index is -1.11. The summed E-state index contributed by atoms with van der Waals surface area (Å²) in [6, 6.07) is 7.38. The summed E-state index contributed by atoms with van der Waals surface area (Å²) in [5.41, 5.74) is 1.85. The monoisotopic (exact) mass is 332 g/mol. The van der Waals surface area contributed by atoms with Gasteiger partial charge in [-0.2, -0.15) is 0 Å². The molecule has 6 heteroatoms. The van der Waals surface area contributed by atoms with Crippen LogP contribution < -0.4 is 10.6 Å². The van der Waals surface area contributed by atoms with Crippen molar-refractivity contribution in [1.29, 1.82) is 0 Å². The predicted molar refractivity (Wildman–Crippen MR) is 91.4 cm³/mol. The van der Waals surface area contributed by atoms with Crippen molar-refractivity contribution >= 4 is 17.8 Å². The number of allylic oxidation sites excluding steroid dienone is 1. The molecule has 0 unspecified atom stereocenters. The van der Waals surface area contributed by atoms with E-state index in [2.05, 4.69) is 10.6 Å². The number of carbonyl (C=O) groups excluding carboxylic acids is 2. The summed E-state index contributed by atoms with van der Waals surface area (Å²) in [5.74, 6) is -1.96. The van der Waals surface area contributed by atoms with E-state index in [1.165, 1.54) is 6.92 Å². The molecule has 1 aromatic rings. The number of carboxylic acid groups (broad SMARTS) is 1. The van der Waals surface area contributed by atoms with Gasteiger partial charge in [-0.25, -0.2) is 4.79 Å². The van der Waals surface area contributed by atoms with Crippen LogP contribution >= 0.6 is 0 Å². The average Bonchev–Trinajstić information content (AvgIpc) is 2.50. The van der Waals surface area contributed by atoms with Gasteiger partial charge in [-0.3, -0.25) is 9.59 Å². The molecule has 0 aliphatic heterocycles. The fourth-order valence-corrected chi connectivity index (χ4v) is 2.15. The molecular formula is C18H24N2O4. The van der Waals surface area contributed by atoms with Crippen LogP contribution in [0.5, 0.6) is 0 Å². The number of hydrogen-bond donors (Lipinski definition) is 3. The maximum atomic E-state index is 12.4. The highest BCUT2D eigenvalue weighted by Gasteiger charge is 2.25. The first-order valence-corrected chi connectivity index (χ1v) is 7.77. The van der Waals surface area contributed by atoms with Crippen molar-refractivity contribution in [2.75, 3.05) is 0 Å². The number of rotatable bonds is 8. The lowest BCUT2D eigenvalue weighted by molar-refractivity contribution is -0.142. The first-order chi connectivity index (χ1) is 11.3. The molecular weight excluding hydrogens is 308 g/mol. The van der Waals surface area contributed by atoms with Gasteiger partial charge in [-0.1, -0.05) is 42.0 Å². The van der Waals surface area contributed by atoms with Gasteiger partial charge in [0.15, 0.2) is 0 Å². The molecule has 6 nitrogen and oxygen atoms in total. The zero-order valence-electron chi connectivity index (χ0n) is 14.2. The summed E-state index contributed by atoms with van der Waals surface area (Å²) >= 11 is 0. The second kappa shape index (κ2) is 9.50. The molecule has 3 N–H and O–H groups in total. The lowest BCUT2D eigenvalue weighted by Gasteiger charge is -2.20. The number of benzene rings is 1. The second-order valence-corrected chi connectivity index (χ2v) is 5.86. The Hall–Kier alpha value is -2.63. The van der Waals surface area contributed by atoms with Gasteiger partial charge in [-0.15, -0.1) is 0 Å². The summed E-state index contributed by atoms with van der Waals surface area (Å²) in [7, 11) is 0. The molecule has 1 rings (SSSR count). The highest BCUT2D eigenvalue weighted by molar-refractivity contribution is 5.90. The highest BCUT2D eigenvalue weighted by atomic mass is 16.4. The van der Waals surface area contributed by atoms with Crippen LogP contribution in [0, 0.1) is 0 Å². The Bertz CT molecular complexity index is 607. The minimum Gasteiger partial charge on any atom is -0.480 e. The molecule has 0 aliphatic carbocycles. The molecule has 0 aromatic heterocycles. The molecule has 0 spiro atoms. The Labute approximate surface area is 141 Å². The zero-order valence-corrected chi connectivity index (χ0v) is 14.2. The molecule has 1 aromatic carbocycles. The van der Waals surface area contributed by atoms with E-state index in [1.54, 1.807) is 6.08 Å². The highest BCUT2D eigenvalue weighted by Crippen LogP contribution is 2.05. The number of carboxylic acids is 1. The largest absolute Gasteiger partial charge is 0.480 e. The van der Waals surface area contributed by atoms with E-state index >= 15 is 0 Å². The summed E-state index contributed by atoms with van der Waals surface area (Å²) in [6.07, 6.45) is 2.24. The van der Waals surface area contributed by atoms with Crippen LogP contribution in [0.4, 0.5) is 0 Å². The van der Waals surface area contributed by atoms with Crippen LogP contribution in [-0.4, -0.2) is 35.0 Å². The molecule has 130 valence electrons. The third-order valence-corrected chi connectivity index (χ3v) is 3.35. The van der Waals surface area contributed by atoms with Crippen molar-refractivity contribution < 1.29 is 19.5 Å². The fourth-order valence-electron chi connectivity index (χ4n) is 2.15. The fraction of sp³-hybridized carbons (Fsp3) is 0.389. The molecule has 0 heterocycles. The smallest absolute Gasteiger partial charge is 0.326 e. The molecule has 2 amide bonds. The Morgan fingerprint density at radius 3 is 2.17 bits per heavy atom. The molecule has 0 bridgehead atoms. The average molecular weight is 332 g/mol. The predicted octanol–water partition coefficient (Wildman–Crippen LogP) is 1.66. The summed E-state index contributed by atoms with van der Waals surface area (Å²) in [5, 5.41) is 14.3. The topological polar surface area (TPSA) is 95.5 Å². The van der Waals surface area contributed by atoms with Crippen molar-refractivity contribution in [2.24, 2.45) is 0 Å². The van der Waals surface area contributed by atoms with Crippen LogP contribution in [0.25, 0.3) is 0 Å². The summed E-state index contributed by atoms with van der Waals surface area (Å²) < 4.78 is 0. The van der Waals surface area contributed by atoms with Crippen molar-refractivity contribution in [3.8, 4) is 0 Å². The van der Waals surface area contributed by atoms with Crippen molar-refractivity contribution in [2.45, 2.75) is 45.7 Å². The first kappa shape index (κ1) is 19.4. The van der Waals surface area contributed by atoms with Gasteiger partial charge in [0.25, 0.3) is 0 Å². The van der Waals surface area contributed by atoms with E-state index in [0.717, 1.165) is 11.1 Å². The third kappa shape index (κ3) is 7.09. The van der Waals surface area contributed by atoms with E-state index in [0.29, 0.717) is 6.42 Å². The van der Waals surface area contributed by atoms with E-state index in [4.69, 9.17) is 0 Å². The maximum absolute atomic E-state index is 12.4. The standard InChI is InChI=1S/C18H24N2O4/c1-12(2)9-10-15(18(23)24)20-17(22)16(19-13(3)21)11-14-7-5-4-6-8-14/h4-9,15-16H,10-11H2,1-3H3,(H,19,21)(H,20,22)(H,23,24)/t15-,16+/m1/s1. The lowest BCUT2D eigenvalue weighted by atomic mass is 10.0. The quantitative estimate of drug-likeness (QED) is 0.631. The normalized spacial score (nSPS) is 12.6. The number of amides is 2. The molecule has 0 saturated carbocycles. The molecule has 0 fully saturated rings. The molecule has 24 heavy (non-hydrogen) atoms. The Morgan fingerprint density at radius 1 is 1.04 bits per heavy atom. The Morgan fingerprint density at radius 2 is 1.67 bits per heavy atom. The van der Waals surface area contributed by atoms with Crippen molar-refractivity contribution in [1.82, 2.24) is 10.6 Å². The van der Waals surface area contributed by atoms with Gasteiger partial charge >= 0.3 is 5.97 Å². The molecule has 2 atom stereocenters. The Kier molecular flexibility index (Phi) is 7.68. The number of carbonyl (C=O) groups is 3. The number of hydrogen-bond acceptors (Lipinski definition) is 3. The first-order valence-electron chi connectivity index (χ1n) is 7.77. The van der Waals surface area contributed by atoms with Crippen molar-refractivity contribution in [3.63, 3.8) is 0 Å². The van der Waals surface area contributed by atoms with Crippen molar-refractivity contribution in [3.05, 3.63) is 47.5 Å². The van der Waals surface area contributed by atoms with Crippen LogP contribution in [-0.2, 0) is 20.8 Å². The third-order valence-electron chi connectivity index (χ3n) is 3.35. The van der Waals surface area contributed by atoms with Crippen LogP contribution in [0.1, 0.15) is 32.8 Å². The summed E-state index contributed by atoms with van der Waals surface area (Å²) in [4.78, 5) is 35.1. The van der Waals surface area contributed by atoms with Gasteiger partial charge in [0, 0.05) is 13.3 Å². The minimum absolute atomic E-state index is 0.196. The number of aliphatic carboxylic acids is 1. The van der Waals surface area contributed by atoms with E-state index in [1.807, 2.05) is 44.2 Å². The van der Waals surface area contributed by atoms with Gasteiger partial charge in [0.2, 0.25) is 11.8 Å². The lowest BCUT2D eigenvalue weighted by Crippen LogP contribution is -2.52. The van der Waals surface area contributed by atoms with Crippen LogP contribution in [0.3, 0.4) is 0 Å². The second-order valence-electron chi connectivity index (χ2n) is 5.86. The molecule has 0 aliphatic rings. The van der Waals surface area contributed by atoms with Gasteiger partial charge in [0.05, 0.1) is 0 Å². The van der Waals surface area contributed by atoms with Gasteiger partial charge in [0.1, 0.15) is 12.1 Å².